The van der Waals surface area contributed by atoms with Crippen LogP contribution in [0, 0.1) is 5.92 Å². The van der Waals surface area contributed by atoms with Crippen LogP contribution in [0.4, 0.5) is 0 Å². The molecule has 0 bridgehead atoms. The molecule has 2 heterocycles. The number of amides is 1. The van der Waals surface area contributed by atoms with Crippen molar-refractivity contribution in [1.29, 1.82) is 0 Å². The molecule has 1 aliphatic heterocycles. The van der Waals surface area contributed by atoms with Crippen molar-refractivity contribution >= 4 is 5.91 Å². The topological polar surface area (TPSA) is 69.7 Å². The van der Waals surface area contributed by atoms with Crippen molar-refractivity contribution in [2.75, 3.05) is 13.7 Å². The van der Waals surface area contributed by atoms with Crippen molar-refractivity contribution in [3.63, 3.8) is 0 Å². The Labute approximate surface area is 169 Å². The molecule has 1 aliphatic rings. The maximum Gasteiger partial charge on any atom is 0.227 e. The van der Waals surface area contributed by atoms with Crippen LogP contribution in [0.15, 0.2) is 66.9 Å². The molecule has 0 unspecified atom stereocenters. The molecule has 6 heteroatoms. The fourth-order valence-corrected chi connectivity index (χ4v) is 3.17. The van der Waals surface area contributed by atoms with Gasteiger partial charge in [-0.05, 0) is 47.9 Å². The van der Waals surface area contributed by atoms with E-state index in [-0.39, 0.29) is 11.8 Å². The molecule has 1 aromatic heterocycles. The number of rotatable bonds is 6. The molecule has 1 amide bonds. The number of carbonyl (C=O) groups excluding carboxylic acids is 1. The Bertz CT molecular complexity index is 971. The minimum atomic E-state index is -0.185. The van der Waals surface area contributed by atoms with Crippen LogP contribution in [0.25, 0.3) is 0 Å². The fraction of sp³-hybridized carbons (Fsp3) is 0.217. The van der Waals surface area contributed by atoms with E-state index in [0.29, 0.717) is 31.2 Å². The summed E-state index contributed by atoms with van der Waals surface area (Å²) < 4.78 is 16.5. The minimum absolute atomic E-state index is 0.0157. The van der Waals surface area contributed by atoms with Gasteiger partial charge in [-0.2, -0.15) is 0 Å². The first-order chi connectivity index (χ1) is 14.2. The van der Waals surface area contributed by atoms with Gasteiger partial charge in [0.25, 0.3) is 0 Å². The van der Waals surface area contributed by atoms with Gasteiger partial charge in [0.05, 0.1) is 13.0 Å². The molecule has 0 aliphatic carbocycles. The highest BCUT2D eigenvalue weighted by Gasteiger charge is 2.25. The quantitative estimate of drug-likeness (QED) is 0.694. The standard InChI is InChI=1S/C23H22N2O4/c1-27-19-7-9-20(10-8-19)29-22-11-6-16(13-24-22)14-25-23(26)18-12-17-4-2-3-5-21(17)28-15-18/h2-11,13,18H,12,14-15H2,1H3,(H,25,26)/t18-/m0/s1. The number of para-hydroxylation sites is 1. The number of aromatic nitrogens is 1. The number of benzene rings is 2. The van der Waals surface area contributed by atoms with Gasteiger partial charge >= 0.3 is 0 Å². The molecular formula is C23H22N2O4. The smallest absolute Gasteiger partial charge is 0.227 e. The summed E-state index contributed by atoms with van der Waals surface area (Å²) >= 11 is 0. The zero-order chi connectivity index (χ0) is 20.1. The Morgan fingerprint density at radius 2 is 1.90 bits per heavy atom. The highest BCUT2D eigenvalue weighted by molar-refractivity contribution is 5.79. The van der Waals surface area contributed by atoms with E-state index < -0.39 is 0 Å². The second-order valence-electron chi connectivity index (χ2n) is 6.82. The number of carbonyl (C=O) groups is 1. The summed E-state index contributed by atoms with van der Waals surface area (Å²) in [5.41, 5.74) is 1.97. The van der Waals surface area contributed by atoms with Crippen LogP contribution >= 0.6 is 0 Å². The highest BCUT2D eigenvalue weighted by atomic mass is 16.5. The van der Waals surface area contributed by atoms with E-state index in [1.165, 1.54) is 0 Å². The molecule has 1 N–H and O–H groups in total. The van der Waals surface area contributed by atoms with Gasteiger partial charge < -0.3 is 19.5 Å². The lowest BCUT2D eigenvalue weighted by atomic mass is 9.96. The van der Waals surface area contributed by atoms with Crippen molar-refractivity contribution in [1.82, 2.24) is 10.3 Å². The third-order valence-electron chi connectivity index (χ3n) is 4.80. The molecule has 29 heavy (non-hydrogen) atoms. The molecule has 6 nitrogen and oxygen atoms in total. The molecule has 0 radical (unpaired) electrons. The Hall–Kier alpha value is -3.54. The molecule has 2 aromatic carbocycles. The monoisotopic (exact) mass is 390 g/mol. The van der Waals surface area contributed by atoms with E-state index in [2.05, 4.69) is 10.3 Å². The number of nitrogens with one attached hydrogen (secondary N) is 1. The summed E-state index contributed by atoms with van der Waals surface area (Å²) in [7, 11) is 1.62. The second kappa shape index (κ2) is 8.65. The molecule has 0 fully saturated rings. The first kappa shape index (κ1) is 18.8. The van der Waals surface area contributed by atoms with Gasteiger partial charge in [0, 0.05) is 18.8 Å². The van der Waals surface area contributed by atoms with Crippen LogP contribution in [-0.4, -0.2) is 24.6 Å². The lowest BCUT2D eigenvalue weighted by Crippen LogP contribution is -2.37. The molecule has 0 saturated carbocycles. The van der Waals surface area contributed by atoms with Gasteiger partial charge in [-0.3, -0.25) is 4.79 Å². The van der Waals surface area contributed by atoms with Gasteiger partial charge in [-0.25, -0.2) is 4.98 Å². The molecule has 1 atom stereocenters. The zero-order valence-corrected chi connectivity index (χ0v) is 16.1. The fourth-order valence-electron chi connectivity index (χ4n) is 3.17. The first-order valence-corrected chi connectivity index (χ1v) is 9.46. The number of methoxy groups -OCH3 is 1. The maximum absolute atomic E-state index is 12.5. The summed E-state index contributed by atoms with van der Waals surface area (Å²) in [4.78, 5) is 16.8. The van der Waals surface area contributed by atoms with Crippen LogP contribution in [0.1, 0.15) is 11.1 Å². The Balaban J connectivity index is 1.29. The Morgan fingerprint density at radius 3 is 2.66 bits per heavy atom. The minimum Gasteiger partial charge on any atom is -0.497 e. The summed E-state index contributed by atoms with van der Waals surface area (Å²) in [5.74, 6) is 2.60. The average molecular weight is 390 g/mol. The van der Waals surface area contributed by atoms with Crippen molar-refractivity contribution < 1.29 is 19.0 Å². The lowest BCUT2D eigenvalue weighted by Gasteiger charge is -2.24. The molecule has 148 valence electrons. The van der Waals surface area contributed by atoms with Gasteiger partial charge in [-0.15, -0.1) is 0 Å². The van der Waals surface area contributed by atoms with Crippen molar-refractivity contribution in [3.8, 4) is 23.1 Å². The number of nitrogens with zero attached hydrogens (tertiary/aromatic N) is 1. The molecule has 0 saturated heterocycles. The predicted molar refractivity (Wildman–Crippen MR) is 108 cm³/mol. The second-order valence-corrected chi connectivity index (χ2v) is 6.82. The summed E-state index contributed by atoms with van der Waals surface area (Å²) in [6.45, 7) is 0.808. The predicted octanol–water partition coefficient (Wildman–Crippen LogP) is 3.75. The Kier molecular flexibility index (Phi) is 5.61. The maximum atomic E-state index is 12.5. The van der Waals surface area contributed by atoms with Crippen LogP contribution < -0.4 is 19.5 Å². The average Bonchev–Trinajstić information content (AvgIpc) is 2.78. The van der Waals surface area contributed by atoms with Gasteiger partial charge in [-0.1, -0.05) is 24.3 Å². The van der Waals surface area contributed by atoms with Crippen LogP contribution in [0.5, 0.6) is 23.1 Å². The summed E-state index contributed by atoms with van der Waals surface area (Å²) in [6, 6.07) is 18.8. The van der Waals surface area contributed by atoms with Crippen LogP contribution in [0.3, 0.4) is 0 Å². The Morgan fingerprint density at radius 1 is 1.10 bits per heavy atom. The number of hydrogen-bond acceptors (Lipinski definition) is 5. The third-order valence-corrected chi connectivity index (χ3v) is 4.80. The number of hydrogen-bond donors (Lipinski definition) is 1. The lowest BCUT2D eigenvalue weighted by molar-refractivity contribution is -0.126. The number of fused-ring (bicyclic) bond motifs is 1. The first-order valence-electron chi connectivity index (χ1n) is 9.46. The van der Waals surface area contributed by atoms with Crippen LogP contribution in [0.2, 0.25) is 0 Å². The van der Waals surface area contributed by atoms with Crippen molar-refractivity contribution in [3.05, 3.63) is 78.0 Å². The largest absolute Gasteiger partial charge is 0.497 e. The zero-order valence-electron chi connectivity index (χ0n) is 16.1. The number of ether oxygens (including phenoxy) is 3. The van der Waals surface area contributed by atoms with E-state index in [4.69, 9.17) is 14.2 Å². The van der Waals surface area contributed by atoms with Gasteiger partial charge in [0.2, 0.25) is 11.8 Å². The van der Waals surface area contributed by atoms with Gasteiger partial charge in [0.1, 0.15) is 23.9 Å². The van der Waals surface area contributed by atoms with E-state index in [1.54, 1.807) is 19.4 Å². The van der Waals surface area contributed by atoms with Crippen LogP contribution in [-0.2, 0) is 17.8 Å². The van der Waals surface area contributed by atoms with E-state index in [0.717, 1.165) is 22.6 Å². The summed E-state index contributed by atoms with van der Waals surface area (Å²) in [6.07, 6.45) is 2.39. The van der Waals surface area contributed by atoms with Crippen molar-refractivity contribution in [2.45, 2.75) is 13.0 Å². The number of pyridine rings is 1. The summed E-state index contributed by atoms with van der Waals surface area (Å²) in [5, 5.41) is 2.97. The van der Waals surface area contributed by atoms with Crippen molar-refractivity contribution in [2.24, 2.45) is 5.92 Å². The SMILES string of the molecule is COc1ccc(Oc2ccc(CNC(=O)[C@@H]3COc4ccccc4C3)cn2)cc1. The molecule has 0 spiro atoms. The van der Waals surface area contributed by atoms with E-state index in [9.17, 15) is 4.79 Å². The molecular weight excluding hydrogens is 368 g/mol. The normalized spacial score (nSPS) is 15.0. The van der Waals surface area contributed by atoms with Gasteiger partial charge in [0.15, 0.2) is 0 Å². The highest BCUT2D eigenvalue weighted by Crippen LogP contribution is 2.27. The molecule has 3 aromatic rings. The van der Waals surface area contributed by atoms with E-state index >= 15 is 0 Å². The molecule has 4 rings (SSSR count). The third kappa shape index (κ3) is 4.66. The van der Waals surface area contributed by atoms with E-state index in [1.807, 2.05) is 54.6 Å².